The third-order valence-electron chi connectivity index (χ3n) is 4.16. The molecule has 2 fully saturated rings. The molecule has 100 valence electrons. The molecule has 2 heteroatoms. The zero-order valence-electron chi connectivity index (χ0n) is 11.3. The maximum atomic E-state index is 10.9. The van der Waals surface area contributed by atoms with Crippen LogP contribution < -0.4 is 0 Å². The molecule has 1 heterocycles. The Bertz CT molecular complexity index is 477. The van der Waals surface area contributed by atoms with Crippen LogP contribution in [0.1, 0.15) is 31.2 Å². The van der Waals surface area contributed by atoms with Gasteiger partial charge in [0.1, 0.15) is 0 Å². The SMILES string of the molecule is OC(C#CCN1CCCC1)(c1ccccc1)C1CC1. The van der Waals surface area contributed by atoms with E-state index in [0.29, 0.717) is 5.92 Å². The van der Waals surface area contributed by atoms with Gasteiger partial charge in [0.25, 0.3) is 0 Å². The molecule has 19 heavy (non-hydrogen) atoms. The molecular weight excluding hydrogens is 234 g/mol. The standard InChI is InChI=1S/C17H21NO/c19-17(16-9-10-16,15-7-2-1-3-8-15)11-6-14-18-12-4-5-13-18/h1-3,7-8,16,19H,4-5,9-10,12-14H2. The predicted octanol–water partition coefficient (Wildman–Crippen LogP) is 2.38. The quantitative estimate of drug-likeness (QED) is 0.838. The van der Waals surface area contributed by atoms with E-state index >= 15 is 0 Å². The van der Waals surface area contributed by atoms with Gasteiger partial charge in [-0.2, -0.15) is 0 Å². The molecule has 1 N–H and O–H groups in total. The Morgan fingerprint density at radius 1 is 1.16 bits per heavy atom. The maximum absolute atomic E-state index is 10.9. The number of hydrogen-bond donors (Lipinski definition) is 1. The summed E-state index contributed by atoms with van der Waals surface area (Å²) in [5.41, 5.74) is 0.0208. The average Bonchev–Trinajstić information content (AvgIpc) is 3.19. The predicted molar refractivity (Wildman–Crippen MR) is 76.5 cm³/mol. The van der Waals surface area contributed by atoms with Gasteiger partial charge in [0.05, 0.1) is 6.54 Å². The molecule has 1 saturated carbocycles. The van der Waals surface area contributed by atoms with Crippen LogP contribution in [0.5, 0.6) is 0 Å². The second-order valence-corrected chi connectivity index (χ2v) is 5.69. The van der Waals surface area contributed by atoms with E-state index in [1.807, 2.05) is 30.3 Å². The summed E-state index contributed by atoms with van der Waals surface area (Å²) in [4.78, 5) is 2.37. The largest absolute Gasteiger partial charge is 0.373 e. The molecule has 2 nitrogen and oxygen atoms in total. The maximum Gasteiger partial charge on any atom is 0.153 e. The summed E-state index contributed by atoms with van der Waals surface area (Å²) in [6.07, 6.45) is 4.74. The molecule has 0 aromatic heterocycles. The van der Waals surface area contributed by atoms with Crippen molar-refractivity contribution in [2.75, 3.05) is 19.6 Å². The molecule has 1 saturated heterocycles. The summed E-state index contributed by atoms with van der Waals surface area (Å²) < 4.78 is 0. The number of rotatable bonds is 3. The zero-order valence-corrected chi connectivity index (χ0v) is 11.3. The van der Waals surface area contributed by atoms with Crippen molar-refractivity contribution in [3.63, 3.8) is 0 Å². The van der Waals surface area contributed by atoms with E-state index in [4.69, 9.17) is 0 Å². The number of likely N-dealkylation sites (tertiary alicyclic amines) is 1. The third-order valence-corrected chi connectivity index (χ3v) is 4.16. The molecule has 1 aliphatic carbocycles. The molecular formula is C17H21NO. The highest BCUT2D eigenvalue weighted by atomic mass is 16.3. The van der Waals surface area contributed by atoms with Crippen molar-refractivity contribution in [1.82, 2.24) is 4.90 Å². The first kappa shape index (κ1) is 12.7. The average molecular weight is 255 g/mol. The van der Waals surface area contributed by atoms with Gasteiger partial charge in [0.2, 0.25) is 0 Å². The molecule has 1 atom stereocenters. The van der Waals surface area contributed by atoms with Gasteiger partial charge in [0.15, 0.2) is 5.60 Å². The van der Waals surface area contributed by atoms with Gasteiger partial charge in [0, 0.05) is 5.92 Å². The van der Waals surface area contributed by atoms with E-state index in [9.17, 15) is 5.11 Å². The molecule has 0 bridgehead atoms. The van der Waals surface area contributed by atoms with Crippen LogP contribution in [0.3, 0.4) is 0 Å². The van der Waals surface area contributed by atoms with E-state index in [0.717, 1.165) is 38.0 Å². The van der Waals surface area contributed by atoms with Crippen molar-refractivity contribution in [2.24, 2.45) is 5.92 Å². The van der Waals surface area contributed by atoms with Crippen LogP contribution in [0.4, 0.5) is 0 Å². The Balaban J connectivity index is 1.75. The highest BCUT2D eigenvalue weighted by Crippen LogP contribution is 2.45. The normalized spacial score (nSPS) is 22.6. The van der Waals surface area contributed by atoms with Crippen molar-refractivity contribution in [3.8, 4) is 11.8 Å². The summed E-state index contributed by atoms with van der Waals surface area (Å²) in [5, 5.41) is 10.9. The van der Waals surface area contributed by atoms with Gasteiger partial charge in [-0.25, -0.2) is 0 Å². The minimum atomic E-state index is -0.930. The van der Waals surface area contributed by atoms with Crippen molar-refractivity contribution < 1.29 is 5.11 Å². The molecule has 1 aromatic carbocycles. The third kappa shape index (κ3) is 2.83. The molecule has 2 aliphatic rings. The molecule has 3 rings (SSSR count). The molecule has 0 radical (unpaired) electrons. The lowest BCUT2D eigenvalue weighted by atomic mass is 9.89. The molecule has 0 spiro atoms. The fourth-order valence-corrected chi connectivity index (χ4v) is 2.83. The van der Waals surface area contributed by atoms with Gasteiger partial charge >= 0.3 is 0 Å². The zero-order chi connectivity index (χ0) is 13.1. The minimum Gasteiger partial charge on any atom is -0.373 e. The van der Waals surface area contributed by atoms with Crippen LogP contribution in [0.15, 0.2) is 30.3 Å². The van der Waals surface area contributed by atoms with E-state index in [1.54, 1.807) is 0 Å². The topological polar surface area (TPSA) is 23.5 Å². The lowest BCUT2D eigenvalue weighted by molar-refractivity contribution is 0.0755. The van der Waals surface area contributed by atoms with Crippen molar-refractivity contribution >= 4 is 0 Å². The second kappa shape index (κ2) is 5.36. The van der Waals surface area contributed by atoms with E-state index in [-0.39, 0.29) is 0 Å². The summed E-state index contributed by atoms with van der Waals surface area (Å²) in [5.74, 6) is 6.70. The Labute approximate surface area is 115 Å². The first-order chi connectivity index (χ1) is 9.29. The van der Waals surface area contributed by atoms with Crippen LogP contribution in [-0.4, -0.2) is 29.6 Å². The number of hydrogen-bond acceptors (Lipinski definition) is 2. The van der Waals surface area contributed by atoms with Gasteiger partial charge in [-0.1, -0.05) is 42.2 Å². The number of benzene rings is 1. The Kier molecular flexibility index (Phi) is 3.59. The highest BCUT2D eigenvalue weighted by Gasteiger charge is 2.43. The van der Waals surface area contributed by atoms with Crippen LogP contribution in [0, 0.1) is 17.8 Å². The second-order valence-electron chi connectivity index (χ2n) is 5.69. The van der Waals surface area contributed by atoms with Crippen LogP contribution in [0.25, 0.3) is 0 Å². The molecule has 1 unspecified atom stereocenters. The fraction of sp³-hybridized carbons (Fsp3) is 0.529. The van der Waals surface area contributed by atoms with Crippen LogP contribution in [-0.2, 0) is 5.60 Å². The first-order valence-corrected chi connectivity index (χ1v) is 7.29. The monoisotopic (exact) mass is 255 g/mol. The number of aliphatic hydroxyl groups is 1. The lowest BCUT2D eigenvalue weighted by Gasteiger charge is -2.22. The van der Waals surface area contributed by atoms with Crippen LogP contribution >= 0.6 is 0 Å². The summed E-state index contributed by atoms with van der Waals surface area (Å²) in [6.45, 7) is 3.10. The van der Waals surface area contributed by atoms with E-state index in [1.165, 1.54) is 12.8 Å². The summed E-state index contributed by atoms with van der Waals surface area (Å²) in [6, 6.07) is 9.91. The number of nitrogens with zero attached hydrogens (tertiary/aromatic N) is 1. The van der Waals surface area contributed by atoms with Gasteiger partial charge < -0.3 is 5.11 Å². The van der Waals surface area contributed by atoms with Gasteiger partial charge in [-0.15, -0.1) is 0 Å². The van der Waals surface area contributed by atoms with Gasteiger partial charge in [-0.3, -0.25) is 4.90 Å². The Morgan fingerprint density at radius 3 is 2.47 bits per heavy atom. The molecule has 0 amide bonds. The van der Waals surface area contributed by atoms with Crippen molar-refractivity contribution in [2.45, 2.75) is 31.3 Å². The fourth-order valence-electron chi connectivity index (χ4n) is 2.83. The smallest absolute Gasteiger partial charge is 0.153 e. The van der Waals surface area contributed by atoms with E-state index in [2.05, 4.69) is 16.7 Å². The lowest BCUT2D eigenvalue weighted by Crippen LogP contribution is -2.27. The van der Waals surface area contributed by atoms with Crippen molar-refractivity contribution in [1.29, 1.82) is 0 Å². The van der Waals surface area contributed by atoms with Crippen LogP contribution in [0.2, 0.25) is 0 Å². The van der Waals surface area contributed by atoms with E-state index < -0.39 is 5.60 Å². The highest BCUT2D eigenvalue weighted by molar-refractivity contribution is 5.34. The van der Waals surface area contributed by atoms with Crippen molar-refractivity contribution in [3.05, 3.63) is 35.9 Å². The molecule has 1 aromatic rings. The van der Waals surface area contributed by atoms with Gasteiger partial charge in [-0.05, 0) is 44.3 Å². The Morgan fingerprint density at radius 2 is 1.84 bits per heavy atom. The minimum absolute atomic E-state index is 0.320. The first-order valence-electron chi connectivity index (χ1n) is 7.29. The Hall–Kier alpha value is -1.30. The summed E-state index contributed by atoms with van der Waals surface area (Å²) in [7, 11) is 0. The summed E-state index contributed by atoms with van der Waals surface area (Å²) >= 11 is 0. The molecule has 1 aliphatic heterocycles.